The molecule has 0 saturated heterocycles. The van der Waals surface area contributed by atoms with Crippen LogP contribution in [0.1, 0.15) is 16.1 Å². The van der Waals surface area contributed by atoms with Gasteiger partial charge in [-0.1, -0.05) is 0 Å². The lowest BCUT2D eigenvalue weighted by atomic mass is 10.2. The van der Waals surface area contributed by atoms with Gasteiger partial charge >= 0.3 is 5.97 Å². The molecular formula is C12H13FN4O2. The molecule has 0 atom stereocenters. The van der Waals surface area contributed by atoms with Crippen LogP contribution in [0.4, 0.5) is 10.2 Å². The molecule has 0 bridgehead atoms. The maximum atomic E-state index is 13.7. The van der Waals surface area contributed by atoms with Gasteiger partial charge in [-0.2, -0.15) is 5.10 Å². The molecule has 0 aromatic carbocycles. The van der Waals surface area contributed by atoms with E-state index in [2.05, 4.69) is 15.4 Å². The molecule has 6 nitrogen and oxygen atoms in total. The number of nitrogens with one attached hydrogen (secondary N) is 1. The molecule has 19 heavy (non-hydrogen) atoms. The first-order chi connectivity index (χ1) is 9.09. The summed E-state index contributed by atoms with van der Waals surface area (Å²) in [5.41, 5.74) is 0.598. The number of pyridine rings is 1. The molecule has 100 valence electrons. The predicted octanol–water partition coefficient (Wildman–Crippen LogP) is 1.31. The van der Waals surface area contributed by atoms with Crippen LogP contribution in [0.25, 0.3) is 0 Å². The number of aromatic nitrogens is 3. The summed E-state index contributed by atoms with van der Waals surface area (Å²) in [6, 6.07) is 2.99. The predicted molar refractivity (Wildman–Crippen MR) is 66.6 cm³/mol. The second-order valence-corrected chi connectivity index (χ2v) is 3.95. The van der Waals surface area contributed by atoms with Crippen molar-refractivity contribution >= 4 is 11.8 Å². The molecule has 0 aliphatic rings. The summed E-state index contributed by atoms with van der Waals surface area (Å²) in [5, 5.41) is 15.6. The molecule has 0 aliphatic carbocycles. The van der Waals surface area contributed by atoms with Crippen LogP contribution in [0, 0.1) is 5.82 Å². The molecule has 2 aromatic heterocycles. The number of anilines is 1. The van der Waals surface area contributed by atoms with Gasteiger partial charge in [-0.05, 0) is 12.1 Å². The number of aryl methyl sites for hydroxylation is 1. The van der Waals surface area contributed by atoms with E-state index >= 15 is 0 Å². The Kier molecular flexibility index (Phi) is 3.74. The molecule has 0 saturated carbocycles. The summed E-state index contributed by atoms with van der Waals surface area (Å²) in [6.07, 6.45) is 3.58. The van der Waals surface area contributed by atoms with Crippen LogP contribution in [-0.2, 0) is 13.5 Å². The van der Waals surface area contributed by atoms with Gasteiger partial charge in [0.2, 0.25) is 0 Å². The zero-order chi connectivity index (χ0) is 13.8. The number of hydrogen-bond donors (Lipinski definition) is 2. The molecule has 0 amide bonds. The molecule has 0 unspecified atom stereocenters. The monoisotopic (exact) mass is 264 g/mol. The van der Waals surface area contributed by atoms with Crippen LogP contribution in [0.15, 0.2) is 24.5 Å². The van der Waals surface area contributed by atoms with Gasteiger partial charge in [-0.3, -0.25) is 4.68 Å². The topological polar surface area (TPSA) is 80.0 Å². The highest BCUT2D eigenvalue weighted by Gasteiger charge is 2.14. The first-order valence-corrected chi connectivity index (χ1v) is 5.68. The first kappa shape index (κ1) is 13.0. The highest BCUT2D eigenvalue weighted by molar-refractivity contribution is 5.88. The molecule has 0 radical (unpaired) electrons. The Balaban J connectivity index is 2.02. The van der Waals surface area contributed by atoms with Gasteiger partial charge in [0.15, 0.2) is 11.6 Å². The zero-order valence-electron chi connectivity index (χ0n) is 10.3. The Morgan fingerprint density at radius 1 is 1.47 bits per heavy atom. The summed E-state index contributed by atoms with van der Waals surface area (Å²) >= 11 is 0. The maximum absolute atomic E-state index is 13.7. The summed E-state index contributed by atoms with van der Waals surface area (Å²) in [7, 11) is 1.82. The minimum Gasteiger partial charge on any atom is -0.478 e. The number of carboxylic acids is 1. The third-order valence-corrected chi connectivity index (χ3v) is 2.72. The smallest absolute Gasteiger partial charge is 0.338 e. The van der Waals surface area contributed by atoms with Gasteiger partial charge in [-0.15, -0.1) is 0 Å². The fourth-order valence-corrected chi connectivity index (χ4v) is 1.69. The Labute approximate surface area is 108 Å². The van der Waals surface area contributed by atoms with E-state index in [1.807, 2.05) is 13.1 Å². The zero-order valence-corrected chi connectivity index (χ0v) is 10.3. The second-order valence-electron chi connectivity index (χ2n) is 3.95. The fourth-order valence-electron chi connectivity index (χ4n) is 1.69. The van der Waals surface area contributed by atoms with E-state index in [-0.39, 0.29) is 5.82 Å². The van der Waals surface area contributed by atoms with Crippen molar-refractivity contribution in [3.05, 3.63) is 41.6 Å². The minimum atomic E-state index is -1.31. The Bertz CT molecular complexity index is 597. The van der Waals surface area contributed by atoms with Crippen molar-refractivity contribution < 1.29 is 14.3 Å². The number of carbonyl (C=O) groups is 1. The van der Waals surface area contributed by atoms with Crippen LogP contribution < -0.4 is 5.32 Å². The van der Waals surface area contributed by atoms with Crippen LogP contribution in [0.2, 0.25) is 0 Å². The van der Waals surface area contributed by atoms with Gasteiger partial charge in [0.25, 0.3) is 0 Å². The number of aromatic carboxylic acids is 1. The highest BCUT2D eigenvalue weighted by atomic mass is 19.1. The molecule has 0 spiro atoms. The first-order valence-electron chi connectivity index (χ1n) is 5.68. The lowest BCUT2D eigenvalue weighted by Crippen LogP contribution is -2.12. The molecule has 2 aromatic rings. The third kappa shape index (κ3) is 2.87. The van der Waals surface area contributed by atoms with Crippen molar-refractivity contribution in [1.82, 2.24) is 14.8 Å². The third-order valence-electron chi connectivity index (χ3n) is 2.72. The molecule has 0 aliphatic heterocycles. The molecule has 2 heterocycles. The Morgan fingerprint density at radius 2 is 2.26 bits per heavy atom. The van der Waals surface area contributed by atoms with E-state index in [0.717, 1.165) is 11.8 Å². The van der Waals surface area contributed by atoms with Gasteiger partial charge in [0, 0.05) is 38.1 Å². The SMILES string of the molecule is Cn1nccc1CCNc1nccc(C(=O)O)c1F. The van der Waals surface area contributed by atoms with Gasteiger partial charge in [-0.25, -0.2) is 14.2 Å². The summed E-state index contributed by atoms with van der Waals surface area (Å²) < 4.78 is 15.5. The van der Waals surface area contributed by atoms with Gasteiger partial charge < -0.3 is 10.4 Å². The standard InChI is InChI=1S/C12H13FN4O2/c1-17-8(3-7-16-17)2-5-14-11-10(13)9(12(18)19)4-6-15-11/h3-4,6-7H,2,5H2,1H3,(H,14,15)(H,18,19). The van der Waals surface area contributed by atoms with Crippen molar-refractivity contribution in [2.45, 2.75) is 6.42 Å². The molecule has 2 N–H and O–H groups in total. The van der Waals surface area contributed by atoms with Crippen molar-refractivity contribution in [2.24, 2.45) is 7.05 Å². The summed E-state index contributed by atoms with van der Waals surface area (Å²) in [4.78, 5) is 14.6. The van der Waals surface area contributed by atoms with Gasteiger partial charge in [0.05, 0.1) is 0 Å². The molecule has 0 fully saturated rings. The van der Waals surface area contributed by atoms with E-state index in [1.165, 1.54) is 6.20 Å². The maximum Gasteiger partial charge on any atom is 0.338 e. The van der Waals surface area contributed by atoms with E-state index in [9.17, 15) is 9.18 Å². The van der Waals surface area contributed by atoms with Crippen molar-refractivity contribution in [3.8, 4) is 0 Å². The number of nitrogens with zero attached hydrogens (tertiary/aromatic N) is 3. The second kappa shape index (κ2) is 5.47. The molecular weight excluding hydrogens is 251 g/mol. The van der Waals surface area contributed by atoms with E-state index in [1.54, 1.807) is 10.9 Å². The number of halogens is 1. The lowest BCUT2D eigenvalue weighted by Gasteiger charge is -2.08. The Morgan fingerprint density at radius 3 is 2.89 bits per heavy atom. The quantitative estimate of drug-likeness (QED) is 0.851. The average molecular weight is 264 g/mol. The lowest BCUT2D eigenvalue weighted by molar-refractivity contribution is 0.0692. The average Bonchev–Trinajstić information content (AvgIpc) is 2.77. The summed E-state index contributed by atoms with van der Waals surface area (Å²) in [5.74, 6) is -2.21. The van der Waals surface area contributed by atoms with Crippen molar-refractivity contribution in [2.75, 3.05) is 11.9 Å². The normalized spacial score (nSPS) is 10.4. The van der Waals surface area contributed by atoms with Gasteiger partial charge in [0.1, 0.15) is 5.56 Å². The number of hydrogen-bond acceptors (Lipinski definition) is 4. The van der Waals surface area contributed by atoms with Crippen LogP contribution in [0.3, 0.4) is 0 Å². The van der Waals surface area contributed by atoms with Crippen LogP contribution in [0.5, 0.6) is 0 Å². The minimum absolute atomic E-state index is 0.0536. The summed E-state index contributed by atoms with van der Waals surface area (Å²) in [6.45, 7) is 0.437. The van der Waals surface area contributed by atoms with E-state index < -0.39 is 17.3 Å². The molecule has 2 rings (SSSR count). The Hall–Kier alpha value is -2.44. The highest BCUT2D eigenvalue weighted by Crippen LogP contribution is 2.14. The van der Waals surface area contributed by atoms with Crippen molar-refractivity contribution in [3.63, 3.8) is 0 Å². The van der Waals surface area contributed by atoms with Crippen LogP contribution in [-0.4, -0.2) is 32.4 Å². The van der Waals surface area contributed by atoms with E-state index in [4.69, 9.17) is 5.11 Å². The fraction of sp³-hybridized carbons (Fsp3) is 0.250. The number of rotatable bonds is 5. The van der Waals surface area contributed by atoms with E-state index in [0.29, 0.717) is 13.0 Å². The molecule has 7 heteroatoms. The van der Waals surface area contributed by atoms with Crippen LogP contribution >= 0.6 is 0 Å². The largest absolute Gasteiger partial charge is 0.478 e. The number of carboxylic acid groups (broad SMARTS) is 1. The van der Waals surface area contributed by atoms with Crippen molar-refractivity contribution in [1.29, 1.82) is 0 Å².